The predicted octanol–water partition coefficient (Wildman–Crippen LogP) is 3.78. The summed E-state index contributed by atoms with van der Waals surface area (Å²) in [6.07, 6.45) is 1.12. The highest BCUT2D eigenvalue weighted by Gasteiger charge is 2.21. The van der Waals surface area contributed by atoms with Crippen LogP contribution < -0.4 is 10.6 Å². The van der Waals surface area contributed by atoms with Gasteiger partial charge in [-0.05, 0) is 42.7 Å². The van der Waals surface area contributed by atoms with Gasteiger partial charge in [0.15, 0.2) is 5.96 Å². The Balaban J connectivity index is 1.58. The Kier molecular flexibility index (Phi) is 7.69. The standard InChI is InChI=1S/C22H30N4O2S/c1-4-26(5-2)17(19-10-8-12-28-19)14-24-22(23-3)25-15-18(27)21-13-16-9-6-7-11-20(16)29-21/h6-13,17-18,27H,4-5,14-15H2,1-3H3,(H2,23,24,25). The van der Waals surface area contributed by atoms with Crippen molar-refractivity contribution >= 4 is 27.4 Å². The normalized spacial score (nSPS) is 14.3. The largest absolute Gasteiger partial charge is 0.468 e. The zero-order chi connectivity index (χ0) is 20.6. The summed E-state index contributed by atoms with van der Waals surface area (Å²) in [6, 6.07) is 14.3. The molecule has 3 rings (SSSR count). The number of nitrogens with zero attached hydrogens (tertiary/aromatic N) is 2. The molecule has 29 heavy (non-hydrogen) atoms. The van der Waals surface area contributed by atoms with Gasteiger partial charge in [-0.1, -0.05) is 32.0 Å². The Labute approximate surface area is 176 Å². The van der Waals surface area contributed by atoms with E-state index in [4.69, 9.17) is 4.42 Å². The van der Waals surface area contributed by atoms with Gasteiger partial charge in [0.1, 0.15) is 11.9 Å². The molecular formula is C22H30N4O2S. The van der Waals surface area contributed by atoms with Crippen molar-refractivity contribution in [3.63, 3.8) is 0 Å². The van der Waals surface area contributed by atoms with Crippen LogP contribution in [-0.2, 0) is 0 Å². The second kappa shape index (κ2) is 10.4. The Morgan fingerprint density at radius 1 is 1.14 bits per heavy atom. The average molecular weight is 415 g/mol. The second-order valence-corrected chi connectivity index (χ2v) is 7.90. The molecule has 0 aliphatic carbocycles. The van der Waals surface area contributed by atoms with Crippen LogP contribution in [0.5, 0.6) is 0 Å². The quantitative estimate of drug-likeness (QED) is 0.367. The molecular weight excluding hydrogens is 384 g/mol. The van der Waals surface area contributed by atoms with E-state index in [1.165, 1.54) is 4.70 Å². The summed E-state index contributed by atoms with van der Waals surface area (Å²) in [6.45, 7) is 7.21. The molecule has 2 atom stereocenters. The highest BCUT2D eigenvalue weighted by molar-refractivity contribution is 7.19. The molecule has 0 spiro atoms. The number of hydrogen-bond acceptors (Lipinski definition) is 5. The zero-order valence-electron chi connectivity index (χ0n) is 17.3. The third kappa shape index (κ3) is 5.38. The first kappa shape index (κ1) is 21.4. The van der Waals surface area contributed by atoms with Crippen molar-refractivity contribution in [3.8, 4) is 0 Å². The van der Waals surface area contributed by atoms with E-state index < -0.39 is 6.10 Å². The molecule has 0 amide bonds. The van der Waals surface area contributed by atoms with Gasteiger partial charge in [0, 0.05) is 29.7 Å². The molecule has 0 saturated carbocycles. The van der Waals surface area contributed by atoms with Crippen molar-refractivity contribution < 1.29 is 9.52 Å². The van der Waals surface area contributed by atoms with E-state index in [9.17, 15) is 5.11 Å². The van der Waals surface area contributed by atoms with Crippen LogP contribution in [0.3, 0.4) is 0 Å². The molecule has 2 aromatic heterocycles. The number of guanidine groups is 1. The molecule has 2 heterocycles. The number of aliphatic imine (C=N–C) groups is 1. The van der Waals surface area contributed by atoms with Crippen LogP contribution >= 0.6 is 11.3 Å². The number of nitrogens with one attached hydrogen (secondary N) is 2. The topological polar surface area (TPSA) is 73.0 Å². The van der Waals surface area contributed by atoms with E-state index in [1.807, 2.05) is 24.3 Å². The van der Waals surface area contributed by atoms with E-state index >= 15 is 0 Å². The summed E-state index contributed by atoms with van der Waals surface area (Å²) < 4.78 is 6.84. The molecule has 6 nitrogen and oxygen atoms in total. The fourth-order valence-corrected chi connectivity index (χ4v) is 4.48. The van der Waals surface area contributed by atoms with E-state index in [0.29, 0.717) is 19.0 Å². The number of hydrogen-bond donors (Lipinski definition) is 3. The van der Waals surface area contributed by atoms with Crippen LogP contribution in [0, 0.1) is 0 Å². The van der Waals surface area contributed by atoms with Crippen molar-refractivity contribution in [2.24, 2.45) is 4.99 Å². The maximum Gasteiger partial charge on any atom is 0.191 e. The number of furan rings is 1. The maximum absolute atomic E-state index is 10.6. The highest BCUT2D eigenvalue weighted by Crippen LogP contribution is 2.29. The molecule has 7 heteroatoms. The van der Waals surface area contributed by atoms with Crippen molar-refractivity contribution in [1.29, 1.82) is 0 Å². The van der Waals surface area contributed by atoms with Gasteiger partial charge in [-0.25, -0.2) is 0 Å². The fraction of sp³-hybridized carbons (Fsp3) is 0.409. The molecule has 3 aromatic rings. The first-order chi connectivity index (χ1) is 14.2. The number of likely N-dealkylation sites (N-methyl/N-ethyl adjacent to an activating group) is 1. The van der Waals surface area contributed by atoms with Gasteiger partial charge in [0.25, 0.3) is 0 Å². The Hall–Kier alpha value is -2.35. The molecule has 0 radical (unpaired) electrons. The molecule has 0 saturated heterocycles. The fourth-order valence-electron chi connectivity index (χ4n) is 3.43. The van der Waals surface area contributed by atoms with Crippen molar-refractivity contribution in [2.75, 3.05) is 33.2 Å². The Morgan fingerprint density at radius 2 is 1.90 bits per heavy atom. The minimum atomic E-state index is -0.588. The Bertz CT molecular complexity index is 870. The van der Waals surface area contributed by atoms with Gasteiger partial charge in [-0.3, -0.25) is 9.89 Å². The molecule has 2 unspecified atom stereocenters. The monoisotopic (exact) mass is 414 g/mol. The van der Waals surface area contributed by atoms with Crippen LogP contribution in [0.25, 0.3) is 10.1 Å². The molecule has 0 fully saturated rings. The lowest BCUT2D eigenvalue weighted by Gasteiger charge is -2.29. The molecule has 0 bridgehead atoms. The van der Waals surface area contributed by atoms with Crippen molar-refractivity contribution in [3.05, 3.63) is 59.4 Å². The van der Waals surface area contributed by atoms with Crippen LogP contribution in [-0.4, -0.2) is 49.2 Å². The number of benzene rings is 1. The van der Waals surface area contributed by atoms with Gasteiger partial charge in [-0.2, -0.15) is 0 Å². The van der Waals surface area contributed by atoms with Gasteiger partial charge in [0.05, 0.1) is 12.3 Å². The number of fused-ring (bicyclic) bond motifs is 1. The molecule has 0 aliphatic heterocycles. The van der Waals surface area contributed by atoms with Crippen LogP contribution in [0.2, 0.25) is 0 Å². The van der Waals surface area contributed by atoms with Crippen molar-refractivity contribution in [2.45, 2.75) is 26.0 Å². The first-order valence-corrected chi connectivity index (χ1v) is 10.9. The van der Waals surface area contributed by atoms with Gasteiger partial charge >= 0.3 is 0 Å². The first-order valence-electron chi connectivity index (χ1n) is 10.0. The number of thiophene rings is 1. The lowest BCUT2D eigenvalue weighted by Crippen LogP contribution is -2.44. The third-order valence-corrected chi connectivity index (χ3v) is 6.26. The number of aliphatic hydroxyl groups excluding tert-OH is 1. The van der Waals surface area contributed by atoms with Crippen molar-refractivity contribution in [1.82, 2.24) is 15.5 Å². The molecule has 3 N–H and O–H groups in total. The summed E-state index contributed by atoms with van der Waals surface area (Å²) in [5.41, 5.74) is 0. The summed E-state index contributed by atoms with van der Waals surface area (Å²) in [7, 11) is 1.74. The number of aliphatic hydroxyl groups is 1. The van der Waals surface area contributed by atoms with Crippen LogP contribution in [0.15, 0.2) is 58.1 Å². The van der Waals surface area contributed by atoms with Gasteiger partial charge in [0.2, 0.25) is 0 Å². The van der Waals surface area contributed by atoms with Gasteiger partial charge in [-0.15, -0.1) is 11.3 Å². The third-order valence-electron chi connectivity index (χ3n) is 5.05. The summed E-state index contributed by atoms with van der Waals surface area (Å²) in [5, 5.41) is 18.4. The molecule has 1 aromatic carbocycles. The van der Waals surface area contributed by atoms with E-state index in [0.717, 1.165) is 29.1 Å². The molecule has 156 valence electrons. The smallest absolute Gasteiger partial charge is 0.191 e. The lowest BCUT2D eigenvalue weighted by molar-refractivity contribution is 0.183. The summed E-state index contributed by atoms with van der Waals surface area (Å²) >= 11 is 1.62. The lowest BCUT2D eigenvalue weighted by atomic mass is 10.2. The predicted molar refractivity (Wildman–Crippen MR) is 121 cm³/mol. The maximum atomic E-state index is 10.6. The summed E-state index contributed by atoms with van der Waals surface area (Å²) in [5.74, 6) is 1.59. The average Bonchev–Trinajstić information content (AvgIpc) is 3.42. The Morgan fingerprint density at radius 3 is 2.55 bits per heavy atom. The van der Waals surface area contributed by atoms with Crippen LogP contribution in [0.4, 0.5) is 0 Å². The summed E-state index contributed by atoms with van der Waals surface area (Å²) in [4.78, 5) is 7.59. The SMILES string of the molecule is CCN(CC)C(CNC(=NC)NCC(O)c1cc2ccccc2s1)c1ccco1. The highest BCUT2D eigenvalue weighted by atomic mass is 32.1. The molecule has 0 aliphatic rings. The minimum absolute atomic E-state index is 0.117. The second-order valence-electron chi connectivity index (χ2n) is 6.79. The van der Waals surface area contributed by atoms with Crippen LogP contribution in [0.1, 0.15) is 36.6 Å². The zero-order valence-corrected chi connectivity index (χ0v) is 18.1. The van der Waals surface area contributed by atoms with Gasteiger partial charge < -0.3 is 20.2 Å². The number of rotatable bonds is 9. The minimum Gasteiger partial charge on any atom is -0.468 e. The van der Waals surface area contributed by atoms with E-state index in [2.05, 4.69) is 52.6 Å². The van der Waals surface area contributed by atoms with E-state index in [-0.39, 0.29) is 6.04 Å². The van der Waals surface area contributed by atoms with E-state index in [1.54, 1.807) is 24.6 Å².